The minimum absolute atomic E-state index is 0.0944. The number of rotatable bonds is 10. The van der Waals surface area contributed by atoms with E-state index in [4.69, 9.17) is 0 Å². The minimum atomic E-state index is -1.23. The maximum Gasteiger partial charge on any atom is 0.0976 e. The summed E-state index contributed by atoms with van der Waals surface area (Å²) >= 11 is 0. The Morgan fingerprint density at radius 3 is 1.57 bits per heavy atom. The molecule has 1 N–H and O–H groups in total. The van der Waals surface area contributed by atoms with Gasteiger partial charge < -0.3 is 0 Å². The van der Waals surface area contributed by atoms with Crippen molar-refractivity contribution in [2.45, 2.75) is 71.1 Å². The van der Waals surface area contributed by atoms with Gasteiger partial charge in [-0.1, -0.05) is 131 Å². The first kappa shape index (κ1) is 30.4. The van der Waals surface area contributed by atoms with Gasteiger partial charge in [-0.2, -0.15) is 0 Å². The normalized spacial score (nSPS) is 13.7. The molecule has 4 rings (SSSR count). The lowest BCUT2D eigenvalue weighted by atomic mass is 9.82. The van der Waals surface area contributed by atoms with Gasteiger partial charge in [-0.15, -0.1) is 0 Å². The maximum atomic E-state index is 13.7. The Morgan fingerprint density at radius 2 is 1.10 bits per heavy atom. The van der Waals surface area contributed by atoms with Crippen LogP contribution in [0.2, 0.25) is 0 Å². The first-order valence-corrected chi connectivity index (χ1v) is 17.0. The molecule has 2 atom stereocenters. The van der Waals surface area contributed by atoms with Crippen molar-refractivity contribution in [3.8, 4) is 11.1 Å². The molecule has 0 unspecified atom stereocenters. The van der Waals surface area contributed by atoms with E-state index in [0.29, 0.717) is 11.8 Å². The Labute approximate surface area is 246 Å². The number of hydrogen-bond donors (Lipinski definition) is 1. The van der Waals surface area contributed by atoms with Crippen LogP contribution in [-0.4, -0.2) is 15.1 Å². The van der Waals surface area contributed by atoms with Gasteiger partial charge in [0.2, 0.25) is 0 Å². The lowest BCUT2D eigenvalue weighted by Crippen LogP contribution is -2.38. The van der Waals surface area contributed by atoms with Crippen molar-refractivity contribution in [3.63, 3.8) is 0 Å². The molecule has 210 valence electrons. The van der Waals surface area contributed by atoms with E-state index in [0.717, 1.165) is 6.16 Å². The summed E-state index contributed by atoms with van der Waals surface area (Å²) in [6.45, 7) is 15.2. The van der Waals surface area contributed by atoms with Crippen molar-refractivity contribution >= 4 is 29.5 Å². The van der Waals surface area contributed by atoms with Gasteiger partial charge >= 0.3 is 0 Å². The summed E-state index contributed by atoms with van der Waals surface area (Å²) in [5.74, 6) is 0.783. The third kappa shape index (κ3) is 7.19. The third-order valence-electron chi connectivity index (χ3n) is 7.28. The molecule has 0 amide bonds. The molecule has 2 nitrogen and oxygen atoms in total. The summed E-state index contributed by atoms with van der Waals surface area (Å²) in [5.41, 5.74) is 6.52. The average Bonchev–Trinajstić information content (AvgIpc) is 2.95. The molecule has 0 saturated heterocycles. The van der Waals surface area contributed by atoms with E-state index in [9.17, 15) is 4.21 Å². The highest BCUT2D eigenvalue weighted by molar-refractivity contribution is 7.84. The van der Waals surface area contributed by atoms with Crippen LogP contribution in [0.4, 0.5) is 0 Å². The number of nitrogens with one attached hydrogen (secondary N) is 1. The molecule has 0 aliphatic heterocycles. The molecule has 0 aliphatic carbocycles. The first-order chi connectivity index (χ1) is 19.1. The van der Waals surface area contributed by atoms with Crippen molar-refractivity contribution in [3.05, 3.63) is 120 Å². The third-order valence-corrected chi connectivity index (χ3v) is 11.5. The quantitative estimate of drug-likeness (QED) is 0.190. The molecule has 0 heterocycles. The molecule has 4 aromatic rings. The van der Waals surface area contributed by atoms with E-state index in [1.807, 2.05) is 20.8 Å². The molecule has 0 aliphatic rings. The molecule has 40 heavy (non-hydrogen) atoms. The van der Waals surface area contributed by atoms with Crippen LogP contribution < -0.4 is 15.3 Å². The van der Waals surface area contributed by atoms with Gasteiger partial charge in [-0.25, -0.2) is 8.93 Å². The Hall–Kier alpha value is -2.58. The Bertz CT molecular complexity index is 1340. The second kappa shape index (κ2) is 13.4. The van der Waals surface area contributed by atoms with Crippen LogP contribution in [0.3, 0.4) is 0 Å². The largest absolute Gasteiger partial charge is 0.242 e. The summed E-state index contributed by atoms with van der Waals surface area (Å²) in [5, 5.41) is 2.67. The highest BCUT2D eigenvalue weighted by Gasteiger charge is 2.29. The van der Waals surface area contributed by atoms with Crippen molar-refractivity contribution in [1.29, 1.82) is 0 Å². The van der Waals surface area contributed by atoms with Crippen molar-refractivity contribution < 1.29 is 4.21 Å². The first-order valence-electron chi connectivity index (χ1n) is 14.4. The van der Waals surface area contributed by atoms with Crippen LogP contribution in [0.25, 0.3) is 11.1 Å². The van der Waals surface area contributed by atoms with Crippen molar-refractivity contribution in [2.24, 2.45) is 0 Å². The second-order valence-electron chi connectivity index (χ2n) is 12.0. The van der Waals surface area contributed by atoms with Gasteiger partial charge in [0.25, 0.3) is 0 Å². The topological polar surface area (TPSA) is 29.1 Å². The van der Waals surface area contributed by atoms with Gasteiger partial charge in [0.05, 0.1) is 15.7 Å². The van der Waals surface area contributed by atoms with Crippen LogP contribution in [0.5, 0.6) is 0 Å². The smallest absolute Gasteiger partial charge is 0.0976 e. The molecule has 0 saturated carbocycles. The fraction of sp³-hybridized carbons (Fsp3) is 0.333. The molecule has 0 fully saturated rings. The van der Waals surface area contributed by atoms with E-state index in [1.54, 1.807) is 0 Å². The standard InChI is InChI=1S/C36H44NOPS/c1-26(2)30-23-16-24-31(27(3)4)35(30)33-22-15-14-21-32(33)34(37-40(38)36(5,6)7)25-39(28-17-10-8-11-18-28)29-19-12-9-13-20-29/h8-24,26-27,34,37H,25H2,1-7H3/t34-,40-/m1/s1. The highest BCUT2D eigenvalue weighted by Crippen LogP contribution is 2.43. The average molecular weight is 570 g/mol. The zero-order valence-electron chi connectivity index (χ0n) is 25.0. The minimum Gasteiger partial charge on any atom is -0.242 e. The Morgan fingerprint density at radius 1 is 0.650 bits per heavy atom. The van der Waals surface area contributed by atoms with Gasteiger partial charge in [-0.3, -0.25) is 0 Å². The summed E-state index contributed by atoms with van der Waals surface area (Å²) < 4.78 is 17.0. The SMILES string of the molecule is CC(C)c1cccc(C(C)C)c1-c1ccccc1[C@@H](CP(c1ccccc1)c1ccccc1)N[S@](=O)C(C)(C)C. The number of benzene rings is 4. The Balaban J connectivity index is 1.92. The molecule has 0 bridgehead atoms. The predicted molar refractivity (Wildman–Crippen MR) is 178 cm³/mol. The monoisotopic (exact) mass is 569 g/mol. The second-order valence-corrected chi connectivity index (χ2v) is 16.3. The maximum absolute atomic E-state index is 13.7. The van der Waals surface area contributed by atoms with Crippen LogP contribution in [0.1, 0.15) is 83.0 Å². The summed E-state index contributed by atoms with van der Waals surface area (Å²) in [7, 11) is -1.93. The van der Waals surface area contributed by atoms with E-state index >= 15 is 0 Å². The summed E-state index contributed by atoms with van der Waals surface area (Å²) in [6.07, 6.45) is 0.850. The van der Waals surface area contributed by atoms with Gasteiger partial charge in [0.15, 0.2) is 0 Å². The van der Waals surface area contributed by atoms with E-state index in [1.165, 1.54) is 38.4 Å². The predicted octanol–water partition coefficient (Wildman–Crippen LogP) is 8.83. The fourth-order valence-electron chi connectivity index (χ4n) is 5.15. The van der Waals surface area contributed by atoms with Crippen LogP contribution >= 0.6 is 7.92 Å². The number of hydrogen-bond acceptors (Lipinski definition) is 1. The van der Waals surface area contributed by atoms with Gasteiger partial charge in [-0.05, 0) is 85.1 Å². The van der Waals surface area contributed by atoms with Crippen molar-refractivity contribution in [2.75, 3.05) is 6.16 Å². The van der Waals surface area contributed by atoms with E-state index in [2.05, 4.69) is 136 Å². The zero-order valence-corrected chi connectivity index (χ0v) is 26.7. The van der Waals surface area contributed by atoms with Gasteiger partial charge in [0.1, 0.15) is 0 Å². The lowest BCUT2D eigenvalue weighted by Gasteiger charge is -2.31. The molecule has 0 aromatic heterocycles. The van der Waals surface area contributed by atoms with E-state index < -0.39 is 18.9 Å². The molecular weight excluding hydrogens is 525 g/mol. The van der Waals surface area contributed by atoms with Crippen molar-refractivity contribution in [1.82, 2.24) is 4.72 Å². The molecule has 4 aromatic carbocycles. The van der Waals surface area contributed by atoms with Crippen LogP contribution in [-0.2, 0) is 11.0 Å². The molecule has 0 radical (unpaired) electrons. The Kier molecular flexibility index (Phi) is 10.2. The van der Waals surface area contributed by atoms with E-state index in [-0.39, 0.29) is 10.8 Å². The molecule has 4 heteroatoms. The summed E-state index contributed by atoms with van der Waals surface area (Å²) in [6, 6.07) is 37.1. The van der Waals surface area contributed by atoms with Crippen LogP contribution in [0, 0.1) is 0 Å². The zero-order chi connectivity index (χ0) is 28.9. The highest BCUT2D eigenvalue weighted by atomic mass is 32.2. The molecular formula is C36H44NOPS. The van der Waals surface area contributed by atoms with Gasteiger partial charge in [0, 0.05) is 6.04 Å². The lowest BCUT2D eigenvalue weighted by molar-refractivity contribution is 0.618. The fourth-order valence-corrected chi connectivity index (χ4v) is 8.54. The summed E-state index contributed by atoms with van der Waals surface area (Å²) in [4.78, 5) is 0. The molecule has 0 spiro atoms. The van der Waals surface area contributed by atoms with Crippen LogP contribution in [0.15, 0.2) is 103 Å².